The van der Waals surface area contributed by atoms with Gasteiger partial charge < -0.3 is 15.7 Å². The van der Waals surface area contributed by atoms with Gasteiger partial charge in [0.1, 0.15) is 0 Å². The Morgan fingerprint density at radius 1 is 1.30 bits per heavy atom. The van der Waals surface area contributed by atoms with Crippen LogP contribution in [-0.4, -0.2) is 30.3 Å². The number of nitrogens with one attached hydrogen (secondary N) is 2. The molecule has 2 amide bonds. The molecule has 1 unspecified atom stereocenters. The van der Waals surface area contributed by atoms with Crippen molar-refractivity contribution in [1.29, 1.82) is 0 Å². The van der Waals surface area contributed by atoms with E-state index in [-0.39, 0.29) is 12.6 Å². The van der Waals surface area contributed by atoms with Crippen molar-refractivity contribution in [3.8, 4) is 0 Å². The minimum Gasteiger partial charge on any atom is -0.394 e. The van der Waals surface area contributed by atoms with Crippen molar-refractivity contribution < 1.29 is 23.1 Å². The minimum atomic E-state index is -4.34. The summed E-state index contributed by atoms with van der Waals surface area (Å²) in [5, 5.41) is 13.8. The number of aliphatic hydroxyl groups excluding tert-OH is 1. The molecule has 0 saturated heterocycles. The van der Waals surface area contributed by atoms with Gasteiger partial charge in [-0.25, -0.2) is 4.79 Å². The number of halogens is 3. The summed E-state index contributed by atoms with van der Waals surface area (Å²) in [5.41, 5.74) is 0.0113. The second-order valence-corrected chi connectivity index (χ2v) is 4.43. The quantitative estimate of drug-likeness (QED) is 0.776. The molecular weight excluding hydrogens is 273 g/mol. The standard InChI is InChI=1S/C13H17F3N2O2/c1-9(8-19)18-12(20)17-7-6-10-2-4-11(5-3-10)13(14,15)16/h2-5,9,19H,6-8H2,1H3,(H2,17,18,20). The van der Waals surface area contributed by atoms with E-state index in [1.54, 1.807) is 6.92 Å². The lowest BCUT2D eigenvalue weighted by atomic mass is 10.1. The van der Waals surface area contributed by atoms with Gasteiger partial charge in [-0.3, -0.25) is 0 Å². The molecule has 0 heterocycles. The molecule has 1 aromatic carbocycles. The van der Waals surface area contributed by atoms with Gasteiger partial charge in [0.2, 0.25) is 0 Å². The summed E-state index contributed by atoms with van der Waals surface area (Å²) in [6.07, 6.45) is -3.91. The number of benzene rings is 1. The lowest BCUT2D eigenvalue weighted by Crippen LogP contribution is -2.42. The number of alkyl halides is 3. The summed E-state index contributed by atoms with van der Waals surface area (Å²) < 4.78 is 37.0. The highest BCUT2D eigenvalue weighted by Crippen LogP contribution is 2.29. The van der Waals surface area contributed by atoms with E-state index in [1.165, 1.54) is 12.1 Å². The number of urea groups is 1. The van der Waals surface area contributed by atoms with Crippen LogP contribution in [0.4, 0.5) is 18.0 Å². The number of aliphatic hydroxyl groups is 1. The number of carbonyl (C=O) groups is 1. The van der Waals surface area contributed by atoms with Crippen molar-refractivity contribution in [3.63, 3.8) is 0 Å². The molecule has 0 bridgehead atoms. The molecule has 0 aliphatic heterocycles. The molecule has 0 radical (unpaired) electrons. The van der Waals surface area contributed by atoms with Gasteiger partial charge in [-0.2, -0.15) is 13.2 Å². The molecule has 20 heavy (non-hydrogen) atoms. The maximum atomic E-state index is 12.3. The lowest BCUT2D eigenvalue weighted by Gasteiger charge is -2.12. The fourth-order valence-electron chi connectivity index (χ4n) is 1.50. The van der Waals surface area contributed by atoms with Crippen LogP contribution in [0.2, 0.25) is 0 Å². The summed E-state index contributed by atoms with van der Waals surface area (Å²) in [7, 11) is 0. The molecule has 1 atom stereocenters. The summed E-state index contributed by atoms with van der Waals surface area (Å²) >= 11 is 0. The Bertz CT molecular complexity index is 432. The second kappa shape index (κ2) is 7.14. The highest BCUT2D eigenvalue weighted by Gasteiger charge is 2.29. The smallest absolute Gasteiger partial charge is 0.394 e. The fraction of sp³-hybridized carbons (Fsp3) is 0.462. The van der Waals surface area contributed by atoms with Gasteiger partial charge in [0, 0.05) is 6.54 Å². The molecule has 1 rings (SSSR count). The van der Waals surface area contributed by atoms with Crippen LogP contribution in [0.25, 0.3) is 0 Å². The first kappa shape index (κ1) is 16.3. The lowest BCUT2D eigenvalue weighted by molar-refractivity contribution is -0.137. The van der Waals surface area contributed by atoms with E-state index in [4.69, 9.17) is 5.11 Å². The molecule has 3 N–H and O–H groups in total. The van der Waals surface area contributed by atoms with Crippen LogP contribution in [0.1, 0.15) is 18.1 Å². The van der Waals surface area contributed by atoms with Crippen LogP contribution in [0, 0.1) is 0 Å². The Hall–Kier alpha value is -1.76. The van der Waals surface area contributed by atoms with Gasteiger partial charge in [0.15, 0.2) is 0 Å². The first-order valence-corrected chi connectivity index (χ1v) is 6.14. The molecule has 0 saturated carbocycles. The third-order valence-electron chi connectivity index (χ3n) is 2.63. The monoisotopic (exact) mass is 290 g/mol. The molecule has 0 spiro atoms. The zero-order chi connectivity index (χ0) is 15.2. The van der Waals surface area contributed by atoms with Crippen molar-refractivity contribution in [3.05, 3.63) is 35.4 Å². The maximum Gasteiger partial charge on any atom is 0.416 e. The van der Waals surface area contributed by atoms with E-state index in [0.29, 0.717) is 18.5 Å². The number of carbonyl (C=O) groups excluding carboxylic acids is 1. The Balaban J connectivity index is 2.37. The summed E-state index contributed by atoms with van der Waals surface area (Å²) in [6.45, 7) is 1.79. The van der Waals surface area contributed by atoms with E-state index in [0.717, 1.165) is 12.1 Å². The average molecular weight is 290 g/mol. The van der Waals surface area contributed by atoms with E-state index in [1.807, 2.05) is 0 Å². The first-order chi connectivity index (χ1) is 9.32. The van der Waals surface area contributed by atoms with E-state index < -0.39 is 17.8 Å². The second-order valence-electron chi connectivity index (χ2n) is 4.43. The van der Waals surface area contributed by atoms with Gasteiger partial charge in [-0.15, -0.1) is 0 Å². The molecule has 112 valence electrons. The van der Waals surface area contributed by atoms with Crippen molar-refractivity contribution in [1.82, 2.24) is 10.6 Å². The van der Waals surface area contributed by atoms with E-state index in [9.17, 15) is 18.0 Å². The number of amides is 2. The highest BCUT2D eigenvalue weighted by molar-refractivity contribution is 5.74. The van der Waals surface area contributed by atoms with Crippen LogP contribution >= 0.6 is 0 Å². The maximum absolute atomic E-state index is 12.3. The first-order valence-electron chi connectivity index (χ1n) is 6.14. The topological polar surface area (TPSA) is 61.4 Å². The normalized spacial score (nSPS) is 12.8. The molecule has 7 heteroatoms. The Morgan fingerprint density at radius 2 is 1.90 bits per heavy atom. The van der Waals surface area contributed by atoms with Crippen molar-refractivity contribution in [2.45, 2.75) is 25.6 Å². The minimum absolute atomic E-state index is 0.160. The van der Waals surface area contributed by atoms with Crippen molar-refractivity contribution >= 4 is 6.03 Å². The van der Waals surface area contributed by atoms with Gasteiger partial charge >= 0.3 is 12.2 Å². The zero-order valence-electron chi connectivity index (χ0n) is 11.0. The highest BCUT2D eigenvalue weighted by atomic mass is 19.4. The average Bonchev–Trinajstić information content (AvgIpc) is 2.38. The van der Waals surface area contributed by atoms with Gasteiger partial charge in [-0.1, -0.05) is 12.1 Å². The Labute approximate surface area is 115 Å². The fourth-order valence-corrected chi connectivity index (χ4v) is 1.50. The molecule has 0 aromatic heterocycles. The SMILES string of the molecule is CC(CO)NC(=O)NCCc1ccc(C(F)(F)F)cc1. The summed E-state index contributed by atoms with van der Waals surface area (Å²) in [6, 6.07) is 4.05. The molecular formula is C13H17F3N2O2. The van der Waals surface area contributed by atoms with E-state index in [2.05, 4.69) is 10.6 Å². The molecule has 4 nitrogen and oxygen atoms in total. The predicted molar refractivity (Wildman–Crippen MR) is 68.2 cm³/mol. The van der Waals surface area contributed by atoms with Crippen LogP contribution in [-0.2, 0) is 12.6 Å². The van der Waals surface area contributed by atoms with Crippen molar-refractivity contribution in [2.75, 3.05) is 13.2 Å². The van der Waals surface area contributed by atoms with Crippen LogP contribution in [0.5, 0.6) is 0 Å². The van der Waals surface area contributed by atoms with E-state index >= 15 is 0 Å². The summed E-state index contributed by atoms with van der Waals surface area (Å²) in [4.78, 5) is 11.3. The Kier molecular flexibility index (Phi) is 5.82. The molecule has 0 aliphatic rings. The third kappa shape index (κ3) is 5.48. The predicted octanol–water partition coefficient (Wildman–Crippen LogP) is 1.93. The van der Waals surface area contributed by atoms with Gasteiger partial charge in [0.25, 0.3) is 0 Å². The largest absolute Gasteiger partial charge is 0.416 e. The third-order valence-corrected chi connectivity index (χ3v) is 2.63. The van der Waals surface area contributed by atoms with Crippen LogP contribution in [0.3, 0.4) is 0 Å². The van der Waals surface area contributed by atoms with Crippen LogP contribution < -0.4 is 10.6 Å². The molecule has 0 fully saturated rings. The van der Waals surface area contributed by atoms with Crippen LogP contribution in [0.15, 0.2) is 24.3 Å². The molecule has 1 aromatic rings. The summed E-state index contributed by atoms with van der Waals surface area (Å²) in [5.74, 6) is 0. The number of hydrogen-bond donors (Lipinski definition) is 3. The molecule has 0 aliphatic carbocycles. The Morgan fingerprint density at radius 3 is 2.40 bits per heavy atom. The number of hydrogen-bond acceptors (Lipinski definition) is 2. The van der Waals surface area contributed by atoms with Gasteiger partial charge in [0.05, 0.1) is 18.2 Å². The number of rotatable bonds is 5. The zero-order valence-corrected chi connectivity index (χ0v) is 11.0. The van der Waals surface area contributed by atoms with Crippen molar-refractivity contribution in [2.24, 2.45) is 0 Å². The van der Waals surface area contributed by atoms with Gasteiger partial charge in [-0.05, 0) is 31.0 Å².